The van der Waals surface area contributed by atoms with Crippen LogP contribution in [-0.4, -0.2) is 32.6 Å². The maximum absolute atomic E-state index is 12.3. The van der Waals surface area contributed by atoms with Crippen molar-refractivity contribution < 1.29 is 9.53 Å². The largest absolute Gasteiger partial charge is 0.444 e. The van der Waals surface area contributed by atoms with Crippen LogP contribution in [0.4, 0.5) is 4.79 Å². The summed E-state index contributed by atoms with van der Waals surface area (Å²) in [5.74, 6) is 1.91. The smallest absolute Gasteiger partial charge is 0.421 e. The minimum Gasteiger partial charge on any atom is -0.444 e. The molecule has 244 valence electrons. The third-order valence-corrected chi connectivity index (χ3v) is 7.81. The summed E-state index contributed by atoms with van der Waals surface area (Å²) >= 11 is 0. The highest BCUT2D eigenvalue weighted by Gasteiger charge is 2.21. The molecule has 1 saturated heterocycles. The van der Waals surface area contributed by atoms with E-state index in [0.717, 1.165) is 63.8 Å². The first kappa shape index (κ1) is 36.6. The summed E-state index contributed by atoms with van der Waals surface area (Å²) in [6, 6.07) is 26.6. The topological polar surface area (TPSA) is 120 Å². The summed E-state index contributed by atoms with van der Waals surface area (Å²) in [6.07, 6.45) is 5.52. The number of aromatic nitrogens is 4. The Morgan fingerprint density at radius 2 is 1.41 bits per heavy atom. The van der Waals surface area contributed by atoms with E-state index in [-0.39, 0.29) is 55.8 Å². The molecule has 1 aliphatic heterocycles. The van der Waals surface area contributed by atoms with Gasteiger partial charge in [-0.1, -0.05) is 92.7 Å². The molecule has 3 heterocycles. The highest BCUT2D eigenvalue weighted by molar-refractivity contribution is 5.86. The van der Waals surface area contributed by atoms with Gasteiger partial charge in [0.05, 0.1) is 35.9 Å². The summed E-state index contributed by atoms with van der Waals surface area (Å²) in [5.41, 5.74) is 13.0. The summed E-state index contributed by atoms with van der Waals surface area (Å²) < 4.78 is 5.32. The number of hydrazine groups is 1. The Labute approximate surface area is 288 Å². The van der Waals surface area contributed by atoms with Gasteiger partial charge in [0, 0.05) is 0 Å². The molecule has 0 spiro atoms. The zero-order valence-electron chi connectivity index (χ0n) is 25.7. The first-order chi connectivity index (χ1) is 21.0. The second-order valence-electron chi connectivity index (χ2n) is 11.2. The number of rotatable bonds is 10. The lowest BCUT2D eigenvalue weighted by Crippen LogP contribution is -2.42. The second kappa shape index (κ2) is 17.2. The van der Waals surface area contributed by atoms with Crippen molar-refractivity contribution >= 4 is 43.3 Å². The lowest BCUT2D eigenvalue weighted by molar-refractivity contribution is 0.131. The fourth-order valence-electron chi connectivity index (χ4n) is 5.35. The molecular weight excluding hydrogens is 645 g/mol. The average Bonchev–Trinajstić information content (AvgIpc) is 3.83. The molecule has 0 saturated carbocycles. The summed E-state index contributed by atoms with van der Waals surface area (Å²) in [4.78, 5) is 28.4. The fourth-order valence-corrected chi connectivity index (χ4v) is 5.35. The van der Waals surface area contributed by atoms with Gasteiger partial charge in [0.25, 0.3) is 0 Å². The molecule has 5 N–H and O–H groups in total. The first-order valence-electron chi connectivity index (χ1n) is 14.8. The predicted octanol–water partition coefficient (Wildman–Crippen LogP) is 7.95. The standard InChI is InChI=1S/C34H37N7O2.3ClH/c1-22(2)31(40-41-34(42)43-21-23-7-4-3-5-8-23)33-37-20-30(39-33)27-16-12-25(13-17-27)24-10-14-26(15-11-24)29-19-36-32(38-29)28-9-6-18-35-28;;;/h3-5,7-8,10-17,19-20,22,28,31,35,40H,6,9,18,21H2,1-2H3,(H,36,38)(H,37,39)(H,41,42);3*1H/t28-,31-;;;/m0.../s1. The highest BCUT2D eigenvalue weighted by Crippen LogP contribution is 2.29. The summed E-state index contributed by atoms with van der Waals surface area (Å²) in [6.45, 7) is 5.38. The van der Waals surface area contributed by atoms with Gasteiger partial charge in [-0.3, -0.25) is 5.43 Å². The van der Waals surface area contributed by atoms with E-state index in [9.17, 15) is 4.79 Å². The van der Waals surface area contributed by atoms with Crippen molar-refractivity contribution in [2.24, 2.45) is 5.92 Å². The Hall–Kier alpha value is -3.86. The Bertz CT molecular complexity index is 1640. The van der Waals surface area contributed by atoms with E-state index in [1.165, 1.54) is 6.42 Å². The van der Waals surface area contributed by atoms with Crippen molar-refractivity contribution in [3.8, 4) is 33.6 Å². The summed E-state index contributed by atoms with van der Waals surface area (Å²) in [5, 5.41) is 3.49. The van der Waals surface area contributed by atoms with Crippen molar-refractivity contribution in [1.82, 2.24) is 36.1 Å². The number of halogens is 3. The lowest BCUT2D eigenvalue weighted by Gasteiger charge is -2.20. The van der Waals surface area contributed by atoms with Gasteiger partial charge in [-0.2, -0.15) is 0 Å². The number of amides is 1. The fraction of sp³-hybridized carbons (Fsp3) is 0.265. The van der Waals surface area contributed by atoms with Crippen molar-refractivity contribution in [2.45, 2.75) is 45.4 Å². The molecule has 9 nitrogen and oxygen atoms in total. The van der Waals surface area contributed by atoms with E-state index in [0.29, 0.717) is 6.04 Å². The van der Waals surface area contributed by atoms with Gasteiger partial charge in [-0.05, 0) is 53.1 Å². The Kier molecular flexibility index (Phi) is 13.7. The average molecular weight is 685 g/mol. The monoisotopic (exact) mass is 683 g/mol. The molecule has 6 rings (SSSR count). The number of benzene rings is 3. The maximum atomic E-state index is 12.3. The Balaban J connectivity index is 0.00000192. The van der Waals surface area contributed by atoms with Crippen LogP contribution in [0.25, 0.3) is 33.6 Å². The molecule has 46 heavy (non-hydrogen) atoms. The van der Waals surface area contributed by atoms with E-state index in [1.807, 2.05) is 42.7 Å². The Morgan fingerprint density at radius 1 is 0.826 bits per heavy atom. The van der Waals surface area contributed by atoms with Gasteiger partial charge in [0.1, 0.15) is 18.3 Å². The predicted molar refractivity (Wildman–Crippen MR) is 189 cm³/mol. The van der Waals surface area contributed by atoms with Gasteiger partial charge in [-0.15, -0.1) is 37.2 Å². The molecule has 0 aliphatic carbocycles. The Morgan fingerprint density at radius 3 is 2.00 bits per heavy atom. The molecule has 0 unspecified atom stereocenters. The van der Waals surface area contributed by atoms with E-state index in [2.05, 4.69) is 98.5 Å². The number of carbonyl (C=O) groups is 1. The van der Waals surface area contributed by atoms with Gasteiger partial charge >= 0.3 is 6.09 Å². The van der Waals surface area contributed by atoms with Crippen LogP contribution in [0.5, 0.6) is 0 Å². The summed E-state index contributed by atoms with van der Waals surface area (Å²) in [7, 11) is 0. The molecular formula is C34H40Cl3N7O2. The molecule has 0 radical (unpaired) electrons. The molecule has 1 amide bonds. The zero-order chi connectivity index (χ0) is 29.6. The molecule has 2 atom stereocenters. The molecule has 5 aromatic rings. The van der Waals surface area contributed by atoms with E-state index in [1.54, 1.807) is 0 Å². The molecule has 1 fully saturated rings. The van der Waals surface area contributed by atoms with E-state index < -0.39 is 6.09 Å². The van der Waals surface area contributed by atoms with E-state index >= 15 is 0 Å². The van der Waals surface area contributed by atoms with Gasteiger partial charge in [0.15, 0.2) is 0 Å². The van der Waals surface area contributed by atoms with Crippen molar-refractivity contribution in [3.05, 3.63) is 108 Å². The lowest BCUT2D eigenvalue weighted by atomic mass is 10.0. The van der Waals surface area contributed by atoms with Crippen molar-refractivity contribution in [3.63, 3.8) is 0 Å². The normalized spacial score (nSPS) is 14.5. The number of hydrogen-bond donors (Lipinski definition) is 5. The van der Waals surface area contributed by atoms with Gasteiger partial charge < -0.3 is 20.0 Å². The number of hydrogen-bond acceptors (Lipinski definition) is 6. The molecule has 0 bridgehead atoms. The van der Waals surface area contributed by atoms with Crippen LogP contribution in [0.1, 0.15) is 56.0 Å². The van der Waals surface area contributed by atoms with Crippen LogP contribution in [0.2, 0.25) is 0 Å². The number of nitrogens with zero attached hydrogens (tertiary/aromatic N) is 2. The quantitative estimate of drug-likeness (QED) is 0.0953. The molecule has 2 aromatic heterocycles. The van der Waals surface area contributed by atoms with Gasteiger partial charge in [0.2, 0.25) is 0 Å². The minimum absolute atomic E-state index is 0. The zero-order valence-corrected chi connectivity index (χ0v) is 28.1. The van der Waals surface area contributed by atoms with E-state index in [4.69, 9.17) is 4.74 Å². The molecule has 3 aromatic carbocycles. The second-order valence-corrected chi connectivity index (χ2v) is 11.2. The van der Waals surface area contributed by atoms with Crippen molar-refractivity contribution in [1.29, 1.82) is 0 Å². The third kappa shape index (κ3) is 8.90. The van der Waals surface area contributed by atoms with Crippen LogP contribution in [0.15, 0.2) is 91.3 Å². The minimum atomic E-state index is -0.541. The van der Waals surface area contributed by atoms with Crippen LogP contribution in [0, 0.1) is 5.92 Å². The van der Waals surface area contributed by atoms with Crippen molar-refractivity contribution in [2.75, 3.05) is 6.54 Å². The first-order valence-corrected chi connectivity index (χ1v) is 14.8. The molecule has 1 aliphatic rings. The maximum Gasteiger partial charge on any atom is 0.421 e. The van der Waals surface area contributed by atoms with Crippen LogP contribution in [-0.2, 0) is 11.3 Å². The molecule has 12 heteroatoms. The number of ether oxygens (including phenoxy) is 1. The van der Waals surface area contributed by atoms with Crippen LogP contribution in [0.3, 0.4) is 0 Å². The van der Waals surface area contributed by atoms with Crippen LogP contribution < -0.4 is 16.2 Å². The number of aromatic amines is 2. The highest BCUT2D eigenvalue weighted by atomic mass is 35.5. The number of imidazole rings is 2. The third-order valence-electron chi connectivity index (χ3n) is 7.81. The van der Waals surface area contributed by atoms with Crippen LogP contribution >= 0.6 is 37.2 Å². The SMILES string of the molecule is CC(C)[C@H](NNC(=O)OCc1ccccc1)c1ncc(-c2ccc(-c3ccc(-c4cnc([C@@H]5CCCN5)[nH]4)cc3)cc2)[nH]1.Cl.Cl.Cl. The van der Waals surface area contributed by atoms with Gasteiger partial charge in [-0.25, -0.2) is 20.2 Å². The number of carbonyl (C=O) groups excluding carboxylic acids is 1. The number of H-pyrrole nitrogens is 2. The number of nitrogens with one attached hydrogen (secondary N) is 5.